The Hall–Kier alpha value is 1.34. The van der Waals surface area contributed by atoms with Gasteiger partial charge >= 0.3 is 103 Å². The number of nitrogens with zero attached hydrogens (tertiary/aromatic N) is 2. The van der Waals surface area contributed by atoms with Crippen molar-refractivity contribution in [2.24, 2.45) is 0 Å². The molecule has 2 aromatic rings. The first kappa shape index (κ1) is 22.3. The predicted molar refractivity (Wildman–Crippen MR) is 63.9 cm³/mol. The van der Waals surface area contributed by atoms with Crippen molar-refractivity contribution in [1.82, 2.24) is 10.2 Å². The summed E-state index contributed by atoms with van der Waals surface area (Å²) in [6.45, 7) is 1.78. The summed E-state index contributed by atoms with van der Waals surface area (Å²) in [4.78, 5) is 22.1. The van der Waals surface area contributed by atoms with Gasteiger partial charge in [0.05, 0.1) is 11.9 Å². The van der Waals surface area contributed by atoms with Crippen LogP contribution in [-0.4, -0.2) is 22.1 Å². The first-order valence-electron chi connectivity index (χ1n) is 5.01. The fourth-order valence-electron chi connectivity index (χ4n) is 1.31. The Morgan fingerprint density at radius 3 is 1.95 bits per heavy atom. The molecule has 0 amide bonds. The fraction of sp³-hybridized carbons (Fsp3) is 0.0909. The predicted octanol–water partition coefficient (Wildman–Crippen LogP) is -6.27. The zero-order valence-electron chi connectivity index (χ0n) is 11.6. The van der Waals surface area contributed by atoms with Crippen LogP contribution in [0.15, 0.2) is 27.4 Å². The van der Waals surface area contributed by atoms with Gasteiger partial charge in [-0.05, 0) is 36.2 Å². The summed E-state index contributed by atoms with van der Waals surface area (Å²) < 4.78 is 0.595. The van der Waals surface area contributed by atoms with Crippen molar-refractivity contribution in [3.63, 3.8) is 0 Å². The van der Waals surface area contributed by atoms with Gasteiger partial charge in [0.1, 0.15) is 5.01 Å². The molecule has 0 unspecified atom stereocenters. The van der Waals surface area contributed by atoms with E-state index in [2.05, 4.69) is 10.2 Å². The molecule has 0 aliphatic carbocycles. The van der Waals surface area contributed by atoms with Crippen molar-refractivity contribution in [1.29, 1.82) is 0 Å². The van der Waals surface area contributed by atoms with Gasteiger partial charge < -0.3 is 19.8 Å². The summed E-state index contributed by atoms with van der Waals surface area (Å²) in [5, 5.41) is 30.1. The van der Waals surface area contributed by atoms with Crippen LogP contribution in [0.5, 0.6) is 0 Å². The molecule has 0 saturated heterocycles. The van der Waals surface area contributed by atoms with Crippen molar-refractivity contribution < 1.29 is 123 Å². The number of carbonyl (C=O) groups excluding carboxylic acids is 2. The average molecular weight is 373 g/mol. The second-order valence-electron chi connectivity index (χ2n) is 3.51. The van der Waals surface area contributed by atoms with Crippen LogP contribution in [0.4, 0.5) is 0 Å². The van der Waals surface area contributed by atoms with Crippen LogP contribution in [0.25, 0.3) is 0 Å². The number of aromatic carboxylic acids is 2. The molecule has 0 aliphatic heterocycles. The maximum Gasteiger partial charge on any atom is 1.00 e. The monoisotopic (exact) mass is 372 g/mol. The third kappa shape index (κ3) is 6.77. The standard InChI is InChI=1S/C11H8N2O4S2.2K/c1-5-12-13-11(18-5)19-8-3-6(9(14)15)2-7(4-8)10(16)17;;/h2-4H,1H3,(H,14,15)(H,16,17);;/q;2*+1/p-2. The number of hydrogen-bond donors (Lipinski definition) is 0. The number of aryl methyl sites for hydroxylation is 1. The maximum absolute atomic E-state index is 10.8. The molecule has 0 bridgehead atoms. The van der Waals surface area contributed by atoms with Crippen molar-refractivity contribution in [3.8, 4) is 0 Å². The zero-order valence-corrected chi connectivity index (χ0v) is 19.5. The largest absolute Gasteiger partial charge is 1.00 e. The van der Waals surface area contributed by atoms with E-state index in [1.165, 1.54) is 23.5 Å². The van der Waals surface area contributed by atoms with E-state index in [-0.39, 0.29) is 114 Å². The van der Waals surface area contributed by atoms with E-state index in [1.807, 2.05) is 0 Å². The van der Waals surface area contributed by atoms with Crippen molar-refractivity contribution in [2.75, 3.05) is 0 Å². The van der Waals surface area contributed by atoms with Crippen LogP contribution in [0.3, 0.4) is 0 Å². The third-order valence-electron chi connectivity index (χ3n) is 2.09. The molecule has 1 heterocycles. The Bertz CT molecular complexity index is 631. The first-order chi connectivity index (χ1) is 8.95. The Morgan fingerprint density at radius 2 is 1.57 bits per heavy atom. The Labute approximate surface area is 214 Å². The molecule has 0 saturated carbocycles. The quantitative estimate of drug-likeness (QED) is 0.492. The molecule has 0 aliphatic rings. The molecule has 0 radical (unpaired) electrons. The van der Waals surface area contributed by atoms with E-state index in [0.29, 0.717) is 9.24 Å². The summed E-state index contributed by atoms with van der Waals surface area (Å²) in [6.07, 6.45) is 0. The van der Waals surface area contributed by atoms with E-state index in [1.54, 1.807) is 6.92 Å². The summed E-state index contributed by atoms with van der Waals surface area (Å²) in [5.74, 6) is -2.89. The zero-order chi connectivity index (χ0) is 14.0. The molecule has 0 atom stereocenters. The number of carboxylic acids is 2. The normalized spacial score (nSPS) is 9.38. The van der Waals surface area contributed by atoms with Gasteiger partial charge in [-0.3, -0.25) is 0 Å². The number of carboxylic acid groups (broad SMARTS) is 2. The average Bonchev–Trinajstić information content (AvgIpc) is 2.74. The minimum Gasteiger partial charge on any atom is -0.545 e. The Morgan fingerprint density at radius 1 is 1.05 bits per heavy atom. The van der Waals surface area contributed by atoms with E-state index in [4.69, 9.17) is 0 Å². The van der Waals surface area contributed by atoms with Crippen LogP contribution >= 0.6 is 23.1 Å². The van der Waals surface area contributed by atoms with E-state index in [0.717, 1.165) is 22.8 Å². The minimum absolute atomic E-state index is 0. The number of hydrogen-bond acceptors (Lipinski definition) is 8. The molecule has 1 aromatic carbocycles. The van der Waals surface area contributed by atoms with Gasteiger partial charge in [-0.1, -0.05) is 23.1 Å². The third-order valence-corrected chi connectivity index (χ3v) is 3.95. The van der Waals surface area contributed by atoms with Gasteiger partial charge in [0, 0.05) is 4.90 Å². The smallest absolute Gasteiger partial charge is 0.545 e. The first-order valence-corrected chi connectivity index (χ1v) is 6.65. The van der Waals surface area contributed by atoms with Gasteiger partial charge in [-0.15, -0.1) is 10.2 Å². The molecule has 1 aromatic heterocycles. The molecule has 0 fully saturated rings. The van der Waals surface area contributed by atoms with Crippen LogP contribution in [0, 0.1) is 6.92 Å². The number of carbonyl (C=O) groups is 2. The summed E-state index contributed by atoms with van der Waals surface area (Å²) >= 11 is 2.46. The van der Waals surface area contributed by atoms with Gasteiger partial charge in [0.25, 0.3) is 0 Å². The van der Waals surface area contributed by atoms with Crippen LogP contribution in [-0.2, 0) is 0 Å². The van der Waals surface area contributed by atoms with Gasteiger partial charge in [-0.25, -0.2) is 0 Å². The molecule has 0 spiro atoms. The maximum atomic E-state index is 10.8. The topological polar surface area (TPSA) is 106 Å². The van der Waals surface area contributed by atoms with E-state index < -0.39 is 11.9 Å². The van der Waals surface area contributed by atoms with Crippen LogP contribution in [0.1, 0.15) is 25.7 Å². The molecule has 0 N–H and O–H groups in total. The molecule has 10 heteroatoms. The minimum atomic E-state index is -1.45. The Kier molecular flexibility index (Phi) is 10.9. The van der Waals surface area contributed by atoms with Gasteiger partial charge in [0.15, 0.2) is 4.34 Å². The second kappa shape index (κ2) is 10.3. The van der Waals surface area contributed by atoms with Crippen molar-refractivity contribution >= 4 is 35.0 Å². The molecular weight excluding hydrogens is 366 g/mol. The van der Waals surface area contributed by atoms with E-state index in [9.17, 15) is 19.8 Å². The molecular formula is C11H6K2N2O4S2. The van der Waals surface area contributed by atoms with Crippen molar-refractivity contribution in [3.05, 3.63) is 34.3 Å². The second-order valence-corrected chi connectivity index (χ2v) is 6.01. The van der Waals surface area contributed by atoms with Crippen LogP contribution in [0.2, 0.25) is 0 Å². The summed E-state index contributed by atoms with van der Waals surface area (Å²) in [7, 11) is 0. The fourth-order valence-corrected chi connectivity index (χ4v) is 3.20. The summed E-state index contributed by atoms with van der Waals surface area (Å²) in [5.41, 5.74) is -0.434. The summed E-state index contributed by atoms with van der Waals surface area (Å²) in [6, 6.07) is 3.65. The van der Waals surface area contributed by atoms with E-state index >= 15 is 0 Å². The van der Waals surface area contributed by atoms with Crippen LogP contribution < -0.4 is 113 Å². The molecule has 21 heavy (non-hydrogen) atoms. The number of rotatable bonds is 4. The van der Waals surface area contributed by atoms with Gasteiger partial charge in [-0.2, -0.15) is 0 Å². The van der Waals surface area contributed by atoms with Gasteiger partial charge in [0.2, 0.25) is 0 Å². The number of aromatic nitrogens is 2. The van der Waals surface area contributed by atoms with Crippen molar-refractivity contribution in [2.45, 2.75) is 16.2 Å². The SMILES string of the molecule is Cc1nnc(Sc2cc(C(=O)[O-])cc(C(=O)[O-])c2)s1.[K+].[K+]. The molecule has 2 rings (SSSR count). The molecule has 6 nitrogen and oxygen atoms in total. The molecule has 98 valence electrons. The Balaban J connectivity index is 0.00000200. The number of benzene rings is 1.